The molecular formula is C22H45N3. The largest absolute Gasteiger partial charge is 0.329 e. The maximum absolute atomic E-state index is 5.66. The van der Waals surface area contributed by atoms with E-state index < -0.39 is 0 Å². The van der Waals surface area contributed by atoms with Crippen LogP contribution in [0.2, 0.25) is 0 Å². The highest BCUT2D eigenvalue weighted by molar-refractivity contribution is 5.62. The van der Waals surface area contributed by atoms with Gasteiger partial charge in [-0.1, -0.05) is 96.8 Å². The summed E-state index contributed by atoms with van der Waals surface area (Å²) >= 11 is 0. The van der Waals surface area contributed by atoms with Crippen molar-refractivity contribution in [3.05, 3.63) is 0 Å². The third-order valence-corrected chi connectivity index (χ3v) is 5.50. The van der Waals surface area contributed by atoms with Crippen molar-refractivity contribution in [2.45, 2.75) is 116 Å². The van der Waals surface area contributed by atoms with Crippen molar-refractivity contribution < 1.29 is 0 Å². The lowest BCUT2D eigenvalue weighted by Crippen LogP contribution is -2.34. The first-order valence-corrected chi connectivity index (χ1v) is 11.3. The highest BCUT2D eigenvalue weighted by atomic mass is 15.3. The maximum atomic E-state index is 5.66. The van der Waals surface area contributed by atoms with Crippen molar-refractivity contribution in [3.8, 4) is 0 Å². The van der Waals surface area contributed by atoms with Crippen LogP contribution in [0.1, 0.15) is 110 Å². The fourth-order valence-electron chi connectivity index (χ4n) is 3.85. The molecule has 1 aliphatic heterocycles. The topological polar surface area (TPSA) is 41.6 Å². The lowest BCUT2D eigenvalue weighted by Gasteiger charge is -2.21. The van der Waals surface area contributed by atoms with Crippen LogP contribution < -0.4 is 5.73 Å². The average Bonchev–Trinajstić information content (AvgIpc) is 3.06. The van der Waals surface area contributed by atoms with Gasteiger partial charge in [0.1, 0.15) is 6.17 Å². The van der Waals surface area contributed by atoms with Crippen molar-refractivity contribution in [1.82, 2.24) is 4.90 Å². The van der Waals surface area contributed by atoms with Crippen molar-refractivity contribution in [1.29, 1.82) is 0 Å². The Kier molecular flexibility index (Phi) is 15.4. The summed E-state index contributed by atoms with van der Waals surface area (Å²) in [6.45, 7) is 5.03. The summed E-state index contributed by atoms with van der Waals surface area (Å²) in [7, 11) is 0. The third-order valence-electron chi connectivity index (χ3n) is 5.50. The van der Waals surface area contributed by atoms with E-state index in [-0.39, 0.29) is 0 Å². The molecule has 0 fully saturated rings. The lowest BCUT2D eigenvalue weighted by atomic mass is 10.0. The zero-order chi connectivity index (χ0) is 18.0. The quantitative estimate of drug-likeness (QED) is 0.311. The number of hydrogen-bond acceptors (Lipinski definition) is 3. The minimum atomic E-state index is 0.422. The molecular weight excluding hydrogens is 306 g/mol. The number of unbranched alkanes of at least 4 members (excludes halogenated alkanes) is 14. The second-order valence-electron chi connectivity index (χ2n) is 7.83. The van der Waals surface area contributed by atoms with Gasteiger partial charge in [0.15, 0.2) is 0 Å². The van der Waals surface area contributed by atoms with Crippen LogP contribution in [0, 0.1) is 0 Å². The van der Waals surface area contributed by atoms with Gasteiger partial charge >= 0.3 is 0 Å². The molecule has 1 heterocycles. The smallest absolute Gasteiger partial charge is 0.102 e. The zero-order valence-electron chi connectivity index (χ0n) is 17.1. The number of nitrogens with zero attached hydrogens (tertiary/aromatic N) is 2. The summed E-state index contributed by atoms with van der Waals surface area (Å²) in [5, 5.41) is 0. The monoisotopic (exact) mass is 351 g/mol. The molecule has 3 nitrogen and oxygen atoms in total. The van der Waals surface area contributed by atoms with E-state index in [9.17, 15) is 0 Å². The molecule has 148 valence electrons. The van der Waals surface area contributed by atoms with Crippen molar-refractivity contribution in [3.63, 3.8) is 0 Å². The summed E-state index contributed by atoms with van der Waals surface area (Å²) in [5.41, 5.74) is 5.66. The van der Waals surface area contributed by atoms with Crippen LogP contribution >= 0.6 is 0 Å². The van der Waals surface area contributed by atoms with Crippen LogP contribution in [0.25, 0.3) is 0 Å². The van der Waals surface area contributed by atoms with Crippen LogP contribution in [0.4, 0.5) is 0 Å². The predicted octanol–water partition coefficient (Wildman–Crippen LogP) is 5.92. The molecule has 1 atom stereocenters. The van der Waals surface area contributed by atoms with E-state index in [1.165, 1.54) is 103 Å². The molecule has 2 N–H and O–H groups in total. The Bertz CT molecular complexity index is 304. The van der Waals surface area contributed by atoms with E-state index in [1.54, 1.807) is 0 Å². The normalized spacial score (nSPS) is 17.6. The molecule has 1 rings (SSSR count). The van der Waals surface area contributed by atoms with Gasteiger partial charge in [0.2, 0.25) is 0 Å². The Morgan fingerprint density at radius 3 is 1.76 bits per heavy atom. The van der Waals surface area contributed by atoms with E-state index in [0.29, 0.717) is 6.17 Å². The summed E-state index contributed by atoms with van der Waals surface area (Å²) in [5.74, 6) is 0. The van der Waals surface area contributed by atoms with Crippen molar-refractivity contribution >= 4 is 6.21 Å². The first kappa shape index (κ1) is 22.6. The first-order valence-electron chi connectivity index (χ1n) is 11.3. The van der Waals surface area contributed by atoms with Crippen molar-refractivity contribution in [2.24, 2.45) is 10.7 Å². The summed E-state index contributed by atoms with van der Waals surface area (Å²) in [4.78, 5) is 6.99. The Morgan fingerprint density at radius 1 is 0.800 bits per heavy atom. The van der Waals surface area contributed by atoms with E-state index in [4.69, 9.17) is 5.73 Å². The molecule has 0 bridgehead atoms. The molecule has 0 radical (unpaired) electrons. The first-order chi connectivity index (χ1) is 12.4. The molecule has 0 spiro atoms. The van der Waals surface area contributed by atoms with Crippen LogP contribution in [0.15, 0.2) is 4.99 Å². The van der Waals surface area contributed by atoms with Crippen LogP contribution in [-0.2, 0) is 0 Å². The minimum absolute atomic E-state index is 0.422. The van der Waals surface area contributed by atoms with Gasteiger partial charge < -0.3 is 5.73 Å². The Hall–Kier alpha value is -0.410. The minimum Gasteiger partial charge on any atom is -0.329 e. The summed E-state index contributed by atoms with van der Waals surface area (Å²) < 4.78 is 0. The number of hydrogen-bond donors (Lipinski definition) is 1. The average molecular weight is 352 g/mol. The second kappa shape index (κ2) is 17.0. The van der Waals surface area contributed by atoms with Gasteiger partial charge in [0.25, 0.3) is 0 Å². The SMILES string of the molecule is CCCCCCCCCCCCCCCCCC1N=CCN1CCN. The maximum Gasteiger partial charge on any atom is 0.102 e. The molecule has 0 aromatic carbocycles. The summed E-state index contributed by atoms with van der Waals surface area (Å²) in [6.07, 6.45) is 25.2. The highest BCUT2D eigenvalue weighted by Gasteiger charge is 2.19. The van der Waals surface area contributed by atoms with E-state index in [0.717, 1.165) is 19.6 Å². The lowest BCUT2D eigenvalue weighted by molar-refractivity contribution is 0.241. The number of nitrogens with two attached hydrogens (primary N) is 1. The molecule has 0 saturated carbocycles. The Labute approximate surface area is 157 Å². The predicted molar refractivity (Wildman–Crippen MR) is 112 cm³/mol. The van der Waals surface area contributed by atoms with Gasteiger partial charge in [-0.3, -0.25) is 9.89 Å². The molecule has 0 aromatic rings. The Balaban J connectivity index is 1.75. The molecule has 1 unspecified atom stereocenters. The van der Waals surface area contributed by atoms with E-state index >= 15 is 0 Å². The molecule has 0 saturated heterocycles. The van der Waals surface area contributed by atoms with Gasteiger partial charge in [-0.2, -0.15) is 0 Å². The fraction of sp³-hybridized carbons (Fsp3) is 0.955. The Morgan fingerprint density at radius 2 is 1.28 bits per heavy atom. The van der Waals surface area contributed by atoms with E-state index in [2.05, 4.69) is 23.0 Å². The standard InChI is InChI=1S/C22H45N3/c1-2-3-4-5-6-7-8-9-10-11-12-13-14-15-16-17-22-24-19-21-25(22)20-18-23/h19,22H,2-18,20-21,23H2,1H3. The highest BCUT2D eigenvalue weighted by Crippen LogP contribution is 2.16. The molecule has 0 aliphatic carbocycles. The molecule has 1 aliphatic rings. The van der Waals surface area contributed by atoms with E-state index in [1.807, 2.05) is 0 Å². The number of aliphatic imine (C=N–C) groups is 1. The van der Waals surface area contributed by atoms with Crippen LogP contribution in [-0.4, -0.2) is 36.9 Å². The van der Waals surface area contributed by atoms with Gasteiger partial charge in [0.05, 0.1) is 0 Å². The third kappa shape index (κ3) is 12.6. The zero-order valence-corrected chi connectivity index (χ0v) is 17.1. The second-order valence-corrected chi connectivity index (χ2v) is 7.83. The van der Waals surface area contributed by atoms with Crippen molar-refractivity contribution in [2.75, 3.05) is 19.6 Å². The summed E-state index contributed by atoms with van der Waals surface area (Å²) in [6, 6.07) is 0. The molecule has 0 aromatic heterocycles. The molecule has 0 amide bonds. The van der Waals surface area contributed by atoms with Crippen LogP contribution in [0.3, 0.4) is 0 Å². The van der Waals surface area contributed by atoms with Gasteiger partial charge in [-0.15, -0.1) is 0 Å². The number of rotatable bonds is 18. The van der Waals surface area contributed by atoms with Gasteiger partial charge in [-0.05, 0) is 12.8 Å². The molecule has 3 heteroatoms. The van der Waals surface area contributed by atoms with Crippen LogP contribution in [0.5, 0.6) is 0 Å². The fourth-order valence-corrected chi connectivity index (χ4v) is 3.85. The van der Waals surface area contributed by atoms with Gasteiger partial charge in [0, 0.05) is 25.8 Å². The molecule has 25 heavy (non-hydrogen) atoms. The van der Waals surface area contributed by atoms with Gasteiger partial charge in [-0.25, -0.2) is 0 Å².